The molecule has 0 saturated heterocycles. The third kappa shape index (κ3) is 6.67. The maximum absolute atomic E-state index is 13.9. The van der Waals surface area contributed by atoms with Gasteiger partial charge in [-0.2, -0.15) is 0 Å². The first kappa shape index (κ1) is 29.7. The minimum atomic E-state index is -0.203. The fraction of sp³-hybridized carbons (Fsp3) is 0.333. The molecule has 0 unspecified atom stereocenters. The van der Waals surface area contributed by atoms with E-state index in [0.29, 0.717) is 48.0 Å². The van der Waals surface area contributed by atoms with E-state index in [-0.39, 0.29) is 23.5 Å². The number of nitrogens with one attached hydrogen (secondary N) is 2. The van der Waals surface area contributed by atoms with Crippen molar-refractivity contribution in [2.24, 2.45) is 13.0 Å². The minimum absolute atomic E-state index is 0.0538. The molecule has 0 radical (unpaired) electrons. The van der Waals surface area contributed by atoms with Crippen molar-refractivity contribution in [3.8, 4) is 11.5 Å². The van der Waals surface area contributed by atoms with Gasteiger partial charge in [0.25, 0.3) is 5.56 Å². The normalized spacial score (nSPS) is 17.7. The third-order valence-electron chi connectivity index (χ3n) is 8.85. The summed E-state index contributed by atoms with van der Waals surface area (Å²) in [5.74, 6) is 2.72. The molecule has 2 fully saturated rings. The standard InChI is InChI=1S/C36H38N6O4/c1-23(43)38-34-19-29(15-16-37-34)46-28-13-14-30-32(18-28)41(2)36(39-30)40-31-17-27(25-11-12-25)21-42(35(31)44)20-26-9-6-10-33(26)45-22-24-7-4-3-5-8-24/h3-5,7-8,13-19,21,25-26,33H,6,9-12,20,22H2,1-2H3,(H,39,40)(H,37,38,43)/t26-,33+/m0/s1. The summed E-state index contributed by atoms with van der Waals surface area (Å²) in [4.78, 5) is 34.3. The Morgan fingerprint density at radius 3 is 2.63 bits per heavy atom. The zero-order chi connectivity index (χ0) is 31.6. The highest BCUT2D eigenvalue weighted by molar-refractivity contribution is 5.87. The lowest BCUT2D eigenvalue weighted by molar-refractivity contribution is -0.114. The number of carbonyl (C=O) groups excluding carboxylic acids is 1. The van der Waals surface area contributed by atoms with Crippen LogP contribution >= 0.6 is 0 Å². The van der Waals surface area contributed by atoms with Crippen LogP contribution < -0.4 is 20.9 Å². The number of carbonyl (C=O) groups is 1. The van der Waals surface area contributed by atoms with Gasteiger partial charge in [0.05, 0.1) is 23.7 Å². The van der Waals surface area contributed by atoms with E-state index in [4.69, 9.17) is 14.5 Å². The van der Waals surface area contributed by atoms with Gasteiger partial charge in [-0.05, 0) is 67.0 Å². The Balaban J connectivity index is 1.11. The molecular weight excluding hydrogens is 580 g/mol. The number of nitrogens with zero attached hydrogens (tertiary/aromatic N) is 4. The lowest BCUT2D eigenvalue weighted by Crippen LogP contribution is -2.30. The second-order valence-corrected chi connectivity index (χ2v) is 12.4. The van der Waals surface area contributed by atoms with E-state index in [1.807, 2.05) is 58.6 Å². The van der Waals surface area contributed by atoms with E-state index in [1.165, 1.54) is 18.1 Å². The lowest BCUT2D eigenvalue weighted by atomic mass is 10.1. The van der Waals surface area contributed by atoms with Crippen LogP contribution in [0, 0.1) is 5.92 Å². The Morgan fingerprint density at radius 2 is 1.83 bits per heavy atom. The Hall–Kier alpha value is -4.96. The molecule has 5 aromatic rings. The summed E-state index contributed by atoms with van der Waals surface area (Å²) in [5.41, 5.74) is 4.45. The largest absolute Gasteiger partial charge is 0.457 e. The van der Waals surface area contributed by atoms with E-state index in [0.717, 1.165) is 43.1 Å². The van der Waals surface area contributed by atoms with Gasteiger partial charge in [0, 0.05) is 51.0 Å². The van der Waals surface area contributed by atoms with Crippen LogP contribution in [0.3, 0.4) is 0 Å². The highest BCUT2D eigenvalue weighted by Crippen LogP contribution is 2.41. The van der Waals surface area contributed by atoms with Gasteiger partial charge in [-0.15, -0.1) is 0 Å². The Bertz CT molecular complexity index is 1930. The number of aromatic nitrogens is 4. The average molecular weight is 619 g/mol. The van der Waals surface area contributed by atoms with Crippen LogP contribution in [0.15, 0.2) is 83.9 Å². The third-order valence-corrected chi connectivity index (χ3v) is 8.85. The monoisotopic (exact) mass is 618 g/mol. The van der Waals surface area contributed by atoms with Crippen LogP contribution in [0.2, 0.25) is 0 Å². The summed E-state index contributed by atoms with van der Waals surface area (Å²) >= 11 is 0. The topological polar surface area (TPSA) is 112 Å². The molecule has 236 valence electrons. The quantitative estimate of drug-likeness (QED) is 0.166. The van der Waals surface area contributed by atoms with Crippen LogP contribution in [0.1, 0.15) is 56.1 Å². The molecule has 2 N–H and O–H groups in total. The summed E-state index contributed by atoms with van der Waals surface area (Å²) in [6.45, 7) is 2.66. The summed E-state index contributed by atoms with van der Waals surface area (Å²) < 4.78 is 16.3. The number of rotatable bonds is 11. The predicted molar refractivity (Wildman–Crippen MR) is 178 cm³/mol. The van der Waals surface area contributed by atoms with Gasteiger partial charge in [-0.3, -0.25) is 9.59 Å². The zero-order valence-electron chi connectivity index (χ0n) is 26.1. The molecule has 46 heavy (non-hydrogen) atoms. The SMILES string of the molecule is CC(=O)Nc1cc(Oc2ccc3nc(Nc4cc(C5CC5)cn(C[C@@H]5CCC[C@H]5OCc5ccccc5)c4=O)n(C)c3c2)ccn1. The molecule has 2 aliphatic rings. The second-order valence-electron chi connectivity index (χ2n) is 12.4. The molecule has 1 amide bonds. The highest BCUT2D eigenvalue weighted by atomic mass is 16.5. The number of benzene rings is 2. The van der Waals surface area contributed by atoms with E-state index in [2.05, 4.69) is 33.9 Å². The number of anilines is 3. The van der Waals surface area contributed by atoms with Crippen molar-refractivity contribution in [1.29, 1.82) is 0 Å². The fourth-order valence-corrected chi connectivity index (χ4v) is 6.31. The molecule has 2 atom stereocenters. The molecule has 10 nitrogen and oxygen atoms in total. The molecule has 0 bridgehead atoms. The van der Waals surface area contributed by atoms with Gasteiger partial charge < -0.3 is 29.2 Å². The Morgan fingerprint density at radius 1 is 1.00 bits per heavy atom. The summed E-state index contributed by atoms with van der Waals surface area (Å²) in [6.07, 6.45) is 9.23. The molecule has 2 aliphatic carbocycles. The van der Waals surface area contributed by atoms with Gasteiger partial charge in [0.15, 0.2) is 0 Å². The maximum atomic E-state index is 13.9. The summed E-state index contributed by atoms with van der Waals surface area (Å²) in [6, 6.07) is 21.3. The van der Waals surface area contributed by atoms with E-state index in [1.54, 1.807) is 18.3 Å². The molecule has 2 aromatic carbocycles. The van der Waals surface area contributed by atoms with Crippen LogP contribution in [0.25, 0.3) is 11.0 Å². The van der Waals surface area contributed by atoms with Gasteiger partial charge >= 0.3 is 0 Å². The molecular formula is C36H38N6O4. The predicted octanol–water partition coefficient (Wildman–Crippen LogP) is 6.89. The second kappa shape index (κ2) is 12.8. The van der Waals surface area contributed by atoms with Gasteiger partial charge in [-0.1, -0.05) is 36.8 Å². The minimum Gasteiger partial charge on any atom is -0.457 e. The van der Waals surface area contributed by atoms with Crippen molar-refractivity contribution in [3.63, 3.8) is 0 Å². The number of ether oxygens (including phenoxy) is 2. The number of pyridine rings is 2. The smallest absolute Gasteiger partial charge is 0.274 e. The summed E-state index contributed by atoms with van der Waals surface area (Å²) in [7, 11) is 1.92. The van der Waals surface area contributed by atoms with Crippen LogP contribution in [0.5, 0.6) is 11.5 Å². The van der Waals surface area contributed by atoms with Crippen molar-refractivity contribution in [1.82, 2.24) is 19.1 Å². The van der Waals surface area contributed by atoms with Crippen LogP contribution in [-0.2, 0) is 29.7 Å². The molecule has 0 spiro atoms. The number of fused-ring (bicyclic) bond motifs is 1. The van der Waals surface area contributed by atoms with Crippen molar-refractivity contribution in [3.05, 3.63) is 101 Å². The van der Waals surface area contributed by atoms with Gasteiger partial charge in [0.1, 0.15) is 23.0 Å². The molecule has 7 rings (SSSR count). The van der Waals surface area contributed by atoms with Crippen molar-refractivity contribution in [2.45, 2.75) is 64.2 Å². The van der Waals surface area contributed by atoms with E-state index >= 15 is 0 Å². The van der Waals surface area contributed by atoms with Gasteiger partial charge in [0.2, 0.25) is 11.9 Å². The number of aryl methyl sites for hydroxylation is 1. The van der Waals surface area contributed by atoms with Crippen molar-refractivity contribution >= 4 is 34.4 Å². The molecule has 10 heteroatoms. The number of hydrogen-bond donors (Lipinski definition) is 2. The zero-order valence-corrected chi connectivity index (χ0v) is 26.1. The first-order valence-corrected chi connectivity index (χ1v) is 15.9. The number of hydrogen-bond acceptors (Lipinski definition) is 7. The molecule has 0 aliphatic heterocycles. The number of imidazole rings is 1. The molecule has 3 aromatic heterocycles. The Labute approximate surface area is 267 Å². The molecule has 2 saturated carbocycles. The van der Waals surface area contributed by atoms with Crippen molar-refractivity contribution in [2.75, 3.05) is 10.6 Å². The van der Waals surface area contributed by atoms with E-state index in [9.17, 15) is 9.59 Å². The van der Waals surface area contributed by atoms with Crippen LogP contribution in [0.4, 0.5) is 17.5 Å². The van der Waals surface area contributed by atoms with Crippen LogP contribution in [-0.4, -0.2) is 31.1 Å². The first-order chi connectivity index (χ1) is 22.4. The highest BCUT2D eigenvalue weighted by Gasteiger charge is 2.30. The van der Waals surface area contributed by atoms with E-state index < -0.39 is 0 Å². The maximum Gasteiger partial charge on any atom is 0.274 e. The van der Waals surface area contributed by atoms with Gasteiger partial charge in [-0.25, -0.2) is 9.97 Å². The first-order valence-electron chi connectivity index (χ1n) is 15.9. The average Bonchev–Trinajstić information content (AvgIpc) is 3.74. The Kier molecular flexibility index (Phi) is 8.28. The lowest BCUT2D eigenvalue weighted by Gasteiger charge is -2.22. The fourth-order valence-electron chi connectivity index (χ4n) is 6.31. The number of amides is 1. The molecule has 3 heterocycles. The summed E-state index contributed by atoms with van der Waals surface area (Å²) in [5, 5.41) is 6.04. The van der Waals surface area contributed by atoms with Crippen molar-refractivity contribution < 1.29 is 14.3 Å².